The Hall–Kier alpha value is -2.84. The first-order valence-electron chi connectivity index (χ1n) is 8.36. The number of nitrogens with zero attached hydrogens (tertiary/aromatic N) is 3. The molecular formula is C19H16ClN3O4S. The highest BCUT2D eigenvalue weighted by Crippen LogP contribution is 2.32. The molecule has 2 aromatic carbocycles. The van der Waals surface area contributed by atoms with Crippen molar-refractivity contribution in [2.75, 3.05) is 12.4 Å². The number of carbonyl (C=O) groups excluding carboxylic acids is 1. The summed E-state index contributed by atoms with van der Waals surface area (Å²) in [4.78, 5) is 26.8. The number of aromatic nitrogens is 2. The molecule has 0 aliphatic carbocycles. The first kappa shape index (κ1) is 19.9. The zero-order valence-electron chi connectivity index (χ0n) is 14.9. The van der Waals surface area contributed by atoms with Crippen LogP contribution in [0.25, 0.3) is 16.9 Å². The van der Waals surface area contributed by atoms with Gasteiger partial charge >= 0.3 is 5.97 Å². The number of non-ortho nitro benzene ring substituents is 1. The summed E-state index contributed by atoms with van der Waals surface area (Å²) in [5, 5.41) is 12.2. The second kappa shape index (κ2) is 8.90. The molecule has 0 radical (unpaired) electrons. The normalized spacial score (nSPS) is 10.6. The van der Waals surface area contributed by atoms with Crippen molar-refractivity contribution < 1.29 is 14.5 Å². The minimum absolute atomic E-state index is 0.0166. The number of hydrogen-bond acceptors (Lipinski definition) is 6. The van der Waals surface area contributed by atoms with Gasteiger partial charge in [0.2, 0.25) is 0 Å². The molecule has 0 fully saturated rings. The summed E-state index contributed by atoms with van der Waals surface area (Å²) in [7, 11) is 0. The number of halogens is 1. The van der Waals surface area contributed by atoms with Crippen LogP contribution >= 0.6 is 23.4 Å². The molecule has 0 aliphatic heterocycles. The van der Waals surface area contributed by atoms with E-state index >= 15 is 0 Å². The first-order valence-corrected chi connectivity index (χ1v) is 9.73. The Labute approximate surface area is 170 Å². The van der Waals surface area contributed by atoms with Crippen LogP contribution in [0.3, 0.4) is 0 Å². The fraction of sp³-hybridized carbons (Fsp3) is 0.158. The molecule has 0 aliphatic rings. The van der Waals surface area contributed by atoms with Crippen molar-refractivity contribution in [1.29, 1.82) is 0 Å². The Morgan fingerprint density at radius 1 is 1.29 bits per heavy atom. The Morgan fingerprint density at radius 2 is 2.07 bits per heavy atom. The van der Waals surface area contributed by atoms with Crippen molar-refractivity contribution in [2.45, 2.75) is 12.1 Å². The lowest BCUT2D eigenvalue weighted by molar-refractivity contribution is -0.384. The summed E-state index contributed by atoms with van der Waals surface area (Å²) in [5.41, 5.74) is 2.00. The molecule has 0 N–H and O–H groups in total. The highest BCUT2D eigenvalue weighted by Gasteiger charge is 2.17. The van der Waals surface area contributed by atoms with Crippen molar-refractivity contribution in [3.63, 3.8) is 0 Å². The van der Waals surface area contributed by atoms with Crippen molar-refractivity contribution >= 4 is 35.0 Å². The number of nitro groups is 1. The topological polar surface area (TPSA) is 87.3 Å². The molecule has 3 rings (SSSR count). The van der Waals surface area contributed by atoms with E-state index in [0.717, 1.165) is 5.69 Å². The van der Waals surface area contributed by atoms with Gasteiger partial charge in [0.25, 0.3) is 5.69 Å². The SMILES string of the molecule is CCOC(=O)CSc1ncc(-c2cccc([N+](=O)[O-])c2)n1-c1cccc(Cl)c1. The fourth-order valence-corrected chi connectivity index (χ4v) is 3.58. The lowest BCUT2D eigenvalue weighted by Gasteiger charge is -2.12. The quantitative estimate of drug-likeness (QED) is 0.238. The molecule has 1 heterocycles. The monoisotopic (exact) mass is 417 g/mol. The lowest BCUT2D eigenvalue weighted by Crippen LogP contribution is -2.08. The number of imidazole rings is 1. The van der Waals surface area contributed by atoms with Crippen LogP contribution in [0.15, 0.2) is 59.9 Å². The number of nitro benzene ring substituents is 1. The van der Waals surface area contributed by atoms with E-state index in [1.54, 1.807) is 43.5 Å². The maximum absolute atomic E-state index is 11.7. The van der Waals surface area contributed by atoms with E-state index < -0.39 is 4.92 Å². The first-order chi connectivity index (χ1) is 13.5. The molecule has 9 heteroatoms. The Morgan fingerprint density at radius 3 is 2.79 bits per heavy atom. The number of hydrogen-bond donors (Lipinski definition) is 0. The summed E-state index contributed by atoms with van der Waals surface area (Å²) in [6.07, 6.45) is 1.62. The molecule has 3 aromatic rings. The molecule has 144 valence electrons. The largest absolute Gasteiger partial charge is 0.465 e. The van der Waals surface area contributed by atoms with Crippen LogP contribution in [0.1, 0.15) is 6.92 Å². The summed E-state index contributed by atoms with van der Waals surface area (Å²) < 4.78 is 6.78. The van der Waals surface area contributed by atoms with Crippen LogP contribution in [0.2, 0.25) is 5.02 Å². The van der Waals surface area contributed by atoms with Gasteiger partial charge in [-0.1, -0.05) is 41.6 Å². The van der Waals surface area contributed by atoms with Crippen LogP contribution in [0.4, 0.5) is 5.69 Å². The number of carbonyl (C=O) groups is 1. The van der Waals surface area contributed by atoms with E-state index in [1.807, 2.05) is 10.6 Å². The van der Waals surface area contributed by atoms with Crippen LogP contribution in [-0.2, 0) is 9.53 Å². The third kappa shape index (κ3) is 4.52. The predicted molar refractivity (Wildman–Crippen MR) is 108 cm³/mol. The molecule has 0 bridgehead atoms. The van der Waals surface area contributed by atoms with Crippen LogP contribution in [0, 0.1) is 10.1 Å². The summed E-state index contributed by atoms with van der Waals surface area (Å²) in [6, 6.07) is 13.5. The van der Waals surface area contributed by atoms with Crippen molar-refractivity contribution in [3.8, 4) is 16.9 Å². The van der Waals surface area contributed by atoms with Crippen LogP contribution in [0.5, 0.6) is 0 Å². The summed E-state index contributed by atoms with van der Waals surface area (Å²) in [6.45, 7) is 2.05. The fourth-order valence-electron chi connectivity index (χ4n) is 2.61. The van der Waals surface area contributed by atoms with Crippen LogP contribution < -0.4 is 0 Å². The lowest BCUT2D eigenvalue weighted by atomic mass is 10.1. The Bertz CT molecular complexity index is 1020. The molecule has 0 saturated carbocycles. The molecule has 28 heavy (non-hydrogen) atoms. The molecule has 7 nitrogen and oxygen atoms in total. The average Bonchev–Trinajstić information content (AvgIpc) is 3.10. The number of benzene rings is 2. The zero-order valence-corrected chi connectivity index (χ0v) is 16.4. The Kier molecular flexibility index (Phi) is 6.33. The number of rotatable bonds is 7. The van der Waals surface area contributed by atoms with E-state index in [0.29, 0.717) is 28.0 Å². The van der Waals surface area contributed by atoms with E-state index in [4.69, 9.17) is 16.3 Å². The highest BCUT2D eigenvalue weighted by molar-refractivity contribution is 7.99. The van der Waals surface area contributed by atoms with Gasteiger partial charge in [-0.2, -0.15) is 0 Å². The standard InChI is InChI=1S/C19H16ClN3O4S/c1-2-27-18(24)12-28-19-21-11-17(13-5-3-8-16(9-13)23(25)26)22(19)15-7-4-6-14(20)10-15/h3-11H,2,12H2,1H3. The molecular weight excluding hydrogens is 402 g/mol. The van der Waals surface area contributed by atoms with E-state index in [1.165, 1.54) is 23.9 Å². The van der Waals surface area contributed by atoms with Crippen molar-refractivity contribution in [2.24, 2.45) is 0 Å². The van der Waals surface area contributed by atoms with Gasteiger partial charge in [0, 0.05) is 28.4 Å². The third-order valence-corrected chi connectivity index (χ3v) is 4.93. The maximum atomic E-state index is 11.7. The summed E-state index contributed by atoms with van der Waals surface area (Å²) >= 11 is 7.37. The zero-order chi connectivity index (χ0) is 20.1. The number of esters is 1. The van der Waals surface area contributed by atoms with Gasteiger partial charge < -0.3 is 4.74 Å². The molecule has 0 unspecified atom stereocenters. The van der Waals surface area contributed by atoms with Gasteiger partial charge in [0.05, 0.1) is 29.2 Å². The molecule has 0 saturated heterocycles. The van der Waals surface area contributed by atoms with Gasteiger partial charge in [-0.05, 0) is 25.1 Å². The van der Waals surface area contributed by atoms with Crippen molar-refractivity contribution in [1.82, 2.24) is 9.55 Å². The van der Waals surface area contributed by atoms with E-state index in [-0.39, 0.29) is 17.4 Å². The van der Waals surface area contributed by atoms with E-state index in [9.17, 15) is 14.9 Å². The van der Waals surface area contributed by atoms with E-state index in [2.05, 4.69) is 4.98 Å². The smallest absolute Gasteiger partial charge is 0.316 e. The van der Waals surface area contributed by atoms with Gasteiger partial charge in [0.1, 0.15) is 0 Å². The highest BCUT2D eigenvalue weighted by atomic mass is 35.5. The Balaban J connectivity index is 2.06. The van der Waals surface area contributed by atoms with Gasteiger partial charge in [0.15, 0.2) is 5.16 Å². The summed E-state index contributed by atoms with van der Waals surface area (Å²) in [5.74, 6) is -0.246. The van der Waals surface area contributed by atoms with Gasteiger partial charge in [-0.3, -0.25) is 19.5 Å². The minimum Gasteiger partial charge on any atom is -0.465 e. The second-order valence-electron chi connectivity index (χ2n) is 5.64. The molecule has 0 atom stereocenters. The number of ether oxygens (including phenoxy) is 1. The van der Waals surface area contributed by atoms with Crippen LogP contribution in [-0.4, -0.2) is 32.8 Å². The predicted octanol–water partition coefficient (Wildman–Crippen LogP) is 4.76. The molecule has 1 aromatic heterocycles. The maximum Gasteiger partial charge on any atom is 0.316 e. The average molecular weight is 418 g/mol. The van der Waals surface area contributed by atoms with Crippen molar-refractivity contribution in [3.05, 3.63) is 69.9 Å². The molecule has 0 amide bonds. The third-order valence-electron chi connectivity index (χ3n) is 3.77. The number of thioether (sulfide) groups is 1. The van der Waals surface area contributed by atoms with Gasteiger partial charge in [-0.25, -0.2) is 4.98 Å². The molecule has 0 spiro atoms. The minimum atomic E-state index is -0.444. The second-order valence-corrected chi connectivity index (χ2v) is 7.02. The van der Waals surface area contributed by atoms with Gasteiger partial charge in [-0.15, -0.1) is 0 Å².